The third-order valence-corrected chi connectivity index (χ3v) is 5.69. The summed E-state index contributed by atoms with van der Waals surface area (Å²) in [7, 11) is 0. The summed E-state index contributed by atoms with van der Waals surface area (Å²) in [5, 5.41) is 7.97. The maximum absolute atomic E-state index is 13.1. The number of aromatic nitrogens is 4. The minimum Gasteiger partial charge on any atom is -0.489 e. The maximum atomic E-state index is 13.1. The van der Waals surface area contributed by atoms with Crippen LogP contribution in [0.4, 0.5) is 5.95 Å². The van der Waals surface area contributed by atoms with Crippen LogP contribution in [0.3, 0.4) is 0 Å². The van der Waals surface area contributed by atoms with Crippen LogP contribution in [0.5, 0.6) is 5.75 Å². The van der Waals surface area contributed by atoms with Crippen LogP contribution in [0.2, 0.25) is 0 Å². The van der Waals surface area contributed by atoms with Crippen LogP contribution < -0.4 is 10.1 Å². The summed E-state index contributed by atoms with van der Waals surface area (Å²) < 4.78 is 13.2. The maximum Gasteiger partial charge on any atom is 0.338 e. The first-order valence-electron chi connectivity index (χ1n) is 11.4. The number of carbonyl (C=O) groups is 1. The molecular formula is C27H25N5O3. The van der Waals surface area contributed by atoms with Crippen LogP contribution in [-0.4, -0.2) is 32.3 Å². The number of rotatable bonds is 7. The molecule has 1 N–H and O–H groups in total. The van der Waals surface area contributed by atoms with Crippen molar-refractivity contribution < 1.29 is 14.3 Å². The van der Waals surface area contributed by atoms with Crippen molar-refractivity contribution in [2.24, 2.45) is 0 Å². The lowest BCUT2D eigenvalue weighted by atomic mass is 9.95. The summed E-state index contributed by atoms with van der Waals surface area (Å²) in [6.07, 6.45) is 3.41. The Morgan fingerprint density at radius 2 is 1.94 bits per heavy atom. The van der Waals surface area contributed by atoms with Crippen molar-refractivity contribution in [3.63, 3.8) is 0 Å². The molecule has 0 saturated carbocycles. The lowest BCUT2D eigenvalue weighted by Crippen LogP contribution is -2.29. The van der Waals surface area contributed by atoms with Crippen molar-refractivity contribution in [1.82, 2.24) is 19.7 Å². The summed E-state index contributed by atoms with van der Waals surface area (Å²) >= 11 is 0. The number of anilines is 1. The second-order valence-electron chi connectivity index (χ2n) is 8.08. The molecule has 35 heavy (non-hydrogen) atoms. The van der Waals surface area contributed by atoms with Crippen LogP contribution in [0.25, 0.3) is 11.4 Å². The molecule has 2 aromatic carbocycles. The molecule has 2 aromatic heterocycles. The summed E-state index contributed by atoms with van der Waals surface area (Å²) in [6.45, 7) is 4.35. The second-order valence-corrected chi connectivity index (χ2v) is 8.08. The average Bonchev–Trinajstić information content (AvgIpc) is 3.31. The van der Waals surface area contributed by atoms with Crippen molar-refractivity contribution in [1.29, 1.82) is 0 Å². The van der Waals surface area contributed by atoms with Gasteiger partial charge in [-0.1, -0.05) is 42.5 Å². The lowest BCUT2D eigenvalue weighted by molar-refractivity contribution is -0.139. The number of nitrogens with one attached hydrogen (secondary N) is 1. The van der Waals surface area contributed by atoms with Crippen molar-refractivity contribution in [3.05, 3.63) is 102 Å². The number of benzene rings is 2. The van der Waals surface area contributed by atoms with Crippen LogP contribution in [0.1, 0.15) is 31.0 Å². The van der Waals surface area contributed by atoms with Gasteiger partial charge in [-0.05, 0) is 49.2 Å². The van der Waals surface area contributed by atoms with E-state index < -0.39 is 12.0 Å². The number of hydrogen-bond donors (Lipinski definition) is 1. The number of ether oxygens (including phenoxy) is 2. The molecule has 1 unspecified atom stereocenters. The molecule has 0 saturated heterocycles. The van der Waals surface area contributed by atoms with E-state index in [4.69, 9.17) is 14.6 Å². The van der Waals surface area contributed by atoms with Gasteiger partial charge in [0.25, 0.3) is 0 Å². The van der Waals surface area contributed by atoms with E-state index in [-0.39, 0.29) is 6.61 Å². The van der Waals surface area contributed by atoms with Gasteiger partial charge < -0.3 is 14.8 Å². The first-order chi connectivity index (χ1) is 17.1. The quantitative estimate of drug-likeness (QED) is 0.392. The Morgan fingerprint density at radius 3 is 2.71 bits per heavy atom. The molecular weight excluding hydrogens is 442 g/mol. The van der Waals surface area contributed by atoms with E-state index >= 15 is 0 Å². The monoisotopic (exact) mass is 467 g/mol. The third-order valence-electron chi connectivity index (χ3n) is 5.69. The summed E-state index contributed by atoms with van der Waals surface area (Å²) in [4.78, 5) is 21.9. The fourth-order valence-corrected chi connectivity index (χ4v) is 4.07. The molecule has 0 aliphatic carbocycles. The van der Waals surface area contributed by atoms with E-state index in [1.165, 1.54) is 0 Å². The lowest BCUT2D eigenvalue weighted by Gasteiger charge is -2.28. The minimum atomic E-state index is -0.538. The fraction of sp³-hybridized carbons (Fsp3) is 0.185. The van der Waals surface area contributed by atoms with Crippen LogP contribution in [0.15, 0.2) is 90.4 Å². The highest BCUT2D eigenvalue weighted by Crippen LogP contribution is 2.37. The summed E-state index contributed by atoms with van der Waals surface area (Å²) in [6, 6.07) is 20.9. The van der Waals surface area contributed by atoms with Crippen molar-refractivity contribution in [2.75, 3.05) is 11.9 Å². The number of allylic oxidation sites excluding steroid dienone is 1. The first-order valence-corrected chi connectivity index (χ1v) is 11.4. The van der Waals surface area contributed by atoms with Gasteiger partial charge in [0.05, 0.1) is 12.2 Å². The number of fused-ring (bicyclic) bond motifs is 1. The smallest absolute Gasteiger partial charge is 0.338 e. The molecule has 176 valence electrons. The Balaban J connectivity index is 1.54. The molecule has 0 spiro atoms. The molecule has 1 aliphatic rings. The summed E-state index contributed by atoms with van der Waals surface area (Å²) in [5.74, 6) is 1.34. The predicted molar refractivity (Wildman–Crippen MR) is 132 cm³/mol. The van der Waals surface area contributed by atoms with Gasteiger partial charge in [-0.2, -0.15) is 4.98 Å². The van der Waals surface area contributed by atoms with Crippen LogP contribution in [0, 0.1) is 0 Å². The highest BCUT2D eigenvalue weighted by Gasteiger charge is 2.35. The van der Waals surface area contributed by atoms with Gasteiger partial charge in [-0.15, -0.1) is 5.10 Å². The van der Waals surface area contributed by atoms with Crippen molar-refractivity contribution >= 4 is 11.9 Å². The fourth-order valence-electron chi connectivity index (χ4n) is 4.07. The van der Waals surface area contributed by atoms with Gasteiger partial charge in [-0.3, -0.25) is 4.98 Å². The third kappa shape index (κ3) is 4.63. The van der Waals surface area contributed by atoms with Gasteiger partial charge in [0.2, 0.25) is 5.95 Å². The van der Waals surface area contributed by atoms with E-state index in [1.807, 2.05) is 73.7 Å². The highest BCUT2D eigenvalue weighted by molar-refractivity contribution is 5.92. The van der Waals surface area contributed by atoms with Gasteiger partial charge in [0, 0.05) is 23.7 Å². The molecule has 0 radical (unpaired) electrons. The normalized spacial score (nSPS) is 14.7. The molecule has 8 heteroatoms. The minimum absolute atomic E-state index is 0.272. The number of esters is 1. The Morgan fingerprint density at radius 1 is 1.09 bits per heavy atom. The standard InChI is InChI=1S/C27H25N5O3/c1-3-34-26(33)23-18(2)29-27-30-25(21-12-8-14-28-16-21)31-32(27)24(23)20-11-7-13-22(15-20)35-17-19-9-5-4-6-10-19/h4-16,24H,3,17H2,1-2H3,(H,29,30,31). The molecule has 8 nitrogen and oxygen atoms in total. The molecule has 0 fully saturated rings. The molecule has 4 aromatic rings. The summed E-state index contributed by atoms with van der Waals surface area (Å²) in [5.41, 5.74) is 3.83. The first kappa shape index (κ1) is 22.3. The van der Waals surface area contributed by atoms with Crippen LogP contribution >= 0.6 is 0 Å². The van der Waals surface area contributed by atoms with E-state index in [9.17, 15) is 4.79 Å². The van der Waals surface area contributed by atoms with Crippen molar-refractivity contribution in [3.8, 4) is 17.1 Å². The molecule has 0 amide bonds. The SMILES string of the molecule is CCOC(=O)C1=C(C)Nc2nc(-c3cccnc3)nn2C1c1cccc(OCc2ccccc2)c1. The highest BCUT2D eigenvalue weighted by atomic mass is 16.5. The topological polar surface area (TPSA) is 91.2 Å². The zero-order valence-corrected chi connectivity index (χ0v) is 19.5. The molecule has 5 rings (SSSR count). The number of pyridine rings is 1. The Kier molecular flexibility index (Phi) is 6.26. The predicted octanol–water partition coefficient (Wildman–Crippen LogP) is 4.77. The zero-order chi connectivity index (χ0) is 24.2. The number of hydrogen-bond acceptors (Lipinski definition) is 7. The van der Waals surface area contributed by atoms with E-state index in [2.05, 4.69) is 15.3 Å². The zero-order valence-electron chi connectivity index (χ0n) is 19.5. The van der Waals surface area contributed by atoms with Crippen LogP contribution in [-0.2, 0) is 16.1 Å². The number of carbonyl (C=O) groups excluding carboxylic acids is 1. The van der Waals surface area contributed by atoms with Gasteiger partial charge in [-0.25, -0.2) is 9.48 Å². The molecule has 3 heterocycles. The molecule has 0 bridgehead atoms. The molecule has 1 aliphatic heterocycles. The molecule has 1 atom stereocenters. The number of nitrogens with zero attached hydrogens (tertiary/aromatic N) is 4. The van der Waals surface area contributed by atoms with Crippen molar-refractivity contribution in [2.45, 2.75) is 26.5 Å². The Labute approximate surface area is 203 Å². The Hall–Kier alpha value is -4.46. The van der Waals surface area contributed by atoms with E-state index in [0.717, 1.165) is 16.7 Å². The van der Waals surface area contributed by atoms with E-state index in [0.29, 0.717) is 35.4 Å². The average molecular weight is 468 g/mol. The van der Waals surface area contributed by atoms with Gasteiger partial charge in [0.15, 0.2) is 5.82 Å². The second kappa shape index (κ2) is 9.80. The Bertz CT molecular complexity index is 1370. The van der Waals surface area contributed by atoms with E-state index in [1.54, 1.807) is 24.0 Å². The van der Waals surface area contributed by atoms with Gasteiger partial charge in [0.1, 0.15) is 18.4 Å². The largest absolute Gasteiger partial charge is 0.489 e. The van der Waals surface area contributed by atoms with Gasteiger partial charge >= 0.3 is 5.97 Å².